The average Bonchev–Trinajstić information content (AvgIpc) is 2.99. The molecule has 0 unspecified atom stereocenters. The Hall–Kier alpha value is -2.28. The van der Waals surface area contributed by atoms with Gasteiger partial charge in [0.05, 0.1) is 0 Å². The smallest absolute Gasteiger partial charge is 0.245 e. The van der Waals surface area contributed by atoms with E-state index in [1.54, 1.807) is 17.7 Å². The van der Waals surface area contributed by atoms with Crippen LogP contribution >= 0.6 is 11.3 Å². The molecule has 1 N–H and O–H groups in total. The van der Waals surface area contributed by atoms with Gasteiger partial charge in [0, 0.05) is 35.9 Å². The summed E-state index contributed by atoms with van der Waals surface area (Å²) in [5.41, 5.74) is 0.985. The number of carbonyl (C=O) groups excluding carboxylic acids is 1. The van der Waals surface area contributed by atoms with E-state index in [0.717, 1.165) is 53.9 Å². The summed E-state index contributed by atoms with van der Waals surface area (Å²) in [4.78, 5) is 27.7. The number of aryl methyl sites for hydroxylation is 1. The summed E-state index contributed by atoms with van der Waals surface area (Å²) in [6.45, 7) is 7.18. The molecule has 1 atom stereocenters. The van der Waals surface area contributed by atoms with Crippen LogP contribution in [0.2, 0.25) is 0 Å². The number of amides is 1. The Balaban J connectivity index is 1.63. The first-order chi connectivity index (χ1) is 11.6. The molecule has 2 aromatic rings. The van der Waals surface area contributed by atoms with Crippen LogP contribution in [-0.4, -0.2) is 38.8 Å². The lowest BCUT2D eigenvalue weighted by Crippen LogP contribution is -2.39. The summed E-state index contributed by atoms with van der Waals surface area (Å²) >= 11 is 1.59. The molecule has 6 nitrogen and oxygen atoms in total. The van der Waals surface area contributed by atoms with E-state index >= 15 is 0 Å². The summed E-state index contributed by atoms with van der Waals surface area (Å²) in [5.74, 6) is 1.19. The molecular weight excluding hydrogens is 322 g/mol. The van der Waals surface area contributed by atoms with E-state index in [0.29, 0.717) is 5.92 Å². The van der Waals surface area contributed by atoms with Crippen LogP contribution in [0.5, 0.6) is 0 Å². The van der Waals surface area contributed by atoms with E-state index in [-0.39, 0.29) is 5.91 Å². The number of rotatable bonds is 5. The Labute approximate surface area is 145 Å². The van der Waals surface area contributed by atoms with E-state index in [1.165, 1.54) is 6.08 Å². The number of anilines is 2. The lowest BCUT2D eigenvalue weighted by atomic mass is 9.93. The molecule has 126 valence electrons. The van der Waals surface area contributed by atoms with Gasteiger partial charge in [-0.1, -0.05) is 6.58 Å². The van der Waals surface area contributed by atoms with Crippen molar-refractivity contribution >= 4 is 28.2 Å². The molecule has 1 aliphatic rings. The zero-order valence-electron chi connectivity index (χ0n) is 13.7. The number of hydrogen-bond acceptors (Lipinski definition) is 6. The molecule has 0 bridgehead atoms. The van der Waals surface area contributed by atoms with Gasteiger partial charge in [-0.15, -0.1) is 11.3 Å². The van der Waals surface area contributed by atoms with Crippen molar-refractivity contribution in [1.29, 1.82) is 0 Å². The quantitative estimate of drug-likeness (QED) is 0.845. The van der Waals surface area contributed by atoms with Gasteiger partial charge < -0.3 is 10.2 Å². The molecule has 1 amide bonds. The van der Waals surface area contributed by atoms with Crippen LogP contribution in [0.4, 0.5) is 10.9 Å². The third-order valence-electron chi connectivity index (χ3n) is 4.08. The Kier molecular flexibility index (Phi) is 5.20. The highest BCUT2D eigenvalue weighted by molar-refractivity contribution is 7.15. The molecular formula is C17H21N5OS. The monoisotopic (exact) mass is 343 g/mol. The number of piperidine rings is 1. The van der Waals surface area contributed by atoms with Crippen molar-refractivity contribution in [3.05, 3.63) is 41.8 Å². The van der Waals surface area contributed by atoms with Crippen molar-refractivity contribution in [2.24, 2.45) is 5.92 Å². The lowest BCUT2D eigenvalue weighted by Gasteiger charge is -2.32. The molecule has 1 aliphatic heterocycles. The van der Waals surface area contributed by atoms with Crippen LogP contribution in [0.1, 0.15) is 23.4 Å². The SMILES string of the molecule is C=CC(=O)N1CCC[C@@H](Cc2cc(Nc3ncc(C)s3)ncn2)C1. The highest BCUT2D eigenvalue weighted by Crippen LogP contribution is 2.23. The second kappa shape index (κ2) is 7.53. The number of hydrogen-bond donors (Lipinski definition) is 1. The van der Waals surface area contributed by atoms with Crippen LogP contribution in [0.3, 0.4) is 0 Å². The number of thiazole rings is 1. The fourth-order valence-corrected chi connectivity index (χ4v) is 3.63. The molecule has 3 heterocycles. The molecule has 24 heavy (non-hydrogen) atoms. The van der Waals surface area contributed by atoms with Gasteiger partial charge in [0.15, 0.2) is 5.13 Å². The molecule has 7 heteroatoms. The predicted molar refractivity (Wildman–Crippen MR) is 95.4 cm³/mol. The normalized spacial score (nSPS) is 17.5. The number of carbonyl (C=O) groups is 1. The van der Waals surface area contributed by atoms with E-state index < -0.39 is 0 Å². The molecule has 0 aliphatic carbocycles. The van der Waals surface area contributed by atoms with Gasteiger partial charge >= 0.3 is 0 Å². The second-order valence-electron chi connectivity index (χ2n) is 6.00. The first kappa shape index (κ1) is 16.6. The first-order valence-corrected chi connectivity index (χ1v) is 8.87. The summed E-state index contributed by atoms with van der Waals surface area (Å²) in [5, 5.41) is 4.05. The van der Waals surface area contributed by atoms with Crippen molar-refractivity contribution in [2.45, 2.75) is 26.2 Å². The van der Waals surface area contributed by atoms with E-state index in [2.05, 4.69) is 26.8 Å². The molecule has 1 saturated heterocycles. The topological polar surface area (TPSA) is 71.0 Å². The average molecular weight is 343 g/mol. The highest BCUT2D eigenvalue weighted by Gasteiger charge is 2.22. The van der Waals surface area contributed by atoms with Crippen molar-refractivity contribution < 1.29 is 4.79 Å². The molecule has 2 aromatic heterocycles. The van der Waals surface area contributed by atoms with Crippen molar-refractivity contribution in [3.63, 3.8) is 0 Å². The maximum atomic E-state index is 11.8. The minimum atomic E-state index is 0.0175. The maximum absolute atomic E-state index is 11.8. The van der Waals surface area contributed by atoms with E-state index in [4.69, 9.17) is 0 Å². The zero-order valence-corrected chi connectivity index (χ0v) is 14.6. The molecule has 0 radical (unpaired) electrons. The Morgan fingerprint density at radius 1 is 1.50 bits per heavy atom. The predicted octanol–water partition coefficient (Wildman–Crippen LogP) is 2.95. The molecule has 1 fully saturated rings. The molecule has 0 saturated carbocycles. The standard InChI is InChI=1S/C17H21N5OS/c1-3-16(23)22-6-4-5-13(10-22)7-14-8-15(20-11-19-14)21-17-18-9-12(2)24-17/h3,8-9,11,13H,1,4-7,10H2,2H3,(H,18,19,20,21)/t13-/m0/s1. The first-order valence-electron chi connectivity index (χ1n) is 8.06. The van der Waals surface area contributed by atoms with Gasteiger partial charge in [-0.25, -0.2) is 15.0 Å². The van der Waals surface area contributed by atoms with Gasteiger partial charge in [0.25, 0.3) is 0 Å². The van der Waals surface area contributed by atoms with Crippen LogP contribution in [0.25, 0.3) is 0 Å². The van der Waals surface area contributed by atoms with Gasteiger partial charge in [0.1, 0.15) is 12.1 Å². The molecule has 3 rings (SSSR count). The number of nitrogens with zero attached hydrogens (tertiary/aromatic N) is 4. The third kappa shape index (κ3) is 4.17. The number of likely N-dealkylation sites (tertiary alicyclic amines) is 1. The number of aromatic nitrogens is 3. The van der Waals surface area contributed by atoms with Crippen LogP contribution in [0.15, 0.2) is 31.2 Å². The van der Waals surface area contributed by atoms with Crippen molar-refractivity contribution in [1.82, 2.24) is 19.9 Å². The van der Waals surface area contributed by atoms with Crippen LogP contribution in [-0.2, 0) is 11.2 Å². The van der Waals surface area contributed by atoms with Gasteiger partial charge in [-0.05, 0) is 38.2 Å². The zero-order chi connectivity index (χ0) is 16.9. The fourth-order valence-electron chi connectivity index (χ4n) is 2.96. The Bertz CT molecular complexity index is 729. The Morgan fingerprint density at radius 3 is 3.12 bits per heavy atom. The largest absolute Gasteiger partial charge is 0.339 e. The summed E-state index contributed by atoms with van der Waals surface area (Å²) in [7, 11) is 0. The summed E-state index contributed by atoms with van der Waals surface area (Å²) in [6.07, 6.45) is 7.79. The van der Waals surface area contributed by atoms with Crippen molar-refractivity contribution in [3.8, 4) is 0 Å². The van der Waals surface area contributed by atoms with Gasteiger partial charge in [0.2, 0.25) is 5.91 Å². The fraction of sp³-hybridized carbons (Fsp3) is 0.412. The molecule has 0 aromatic carbocycles. The van der Waals surface area contributed by atoms with Gasteiger partial charge in [-0.2, -0.15) is 0 Å². The maximum Gasteiger partial charge on any atom is 0.245 e. The van der Waals surface area contributed by atoms with E-state index in [1.807, 2.05) is 24.1 Å². The second-order valence-corrected chi connectivity index (χ2v) is 7.23. The minimum absolute atomic E-state index is 0.0175. The third-order valence-corrected chi connectivity index (χ3v) is 4.91. The van der Waals surface area contributed by atoms with Crippen LogP contribution in [0, 0.1) is 12.8 Å². The van der Waals surface area contributed by atoms with E-state index in [9.17, 15) is 4.79 Å². The van der Waals surface area contributed by atoms with Gasteiger partial charge in [-0.3, -0.25) is 4.79 Å². The minimum Gasteiger partial charge on any atom is -0.339 e. The lowest BCUT2D eigenvalue weighted by molar-refractivity contribution is -0.127. The summed E-state index contributed by atoms with van der Waals surface area (Å²) < 4.78 is 0. The van der Waals surface area contributed by atoms with Crippen LogP contribution < -0.4 is 5.32 Å². The molecule has 0 spiro atoms. The number of nitrogens with one attached hydrogen (secondary N) is 1. The highest BCUT2D eigenvalue weighted by atomic mass is 32.1. The Morgan fingerprint density at radius 2 is 2.38 bits per heavy atom. The van der Waals surface area contributed by atoms with Crippen molar-refractivity contribution in [2.75, 3.05) is 18.4 Å². The summed E-state index contributed by atoms with van der Waals surface area (Å²) in [6, 6.07) is 1.96.